The van der Waals surface area contributed by atoms with Crippen molar-refractivity contribution in [3.8, 4) is 0 Å². The van der Waals surface area contributed by atoms with Crippen LogP contribution in [0.4, 0.5) is 0 Å². The molecule has 0 rings (SSSR count). The van der Waals surface area contributed by atoms with E-state index in [2.05, 4.69) is 13.8 Å². The smallest absolute Gasteiger partial charge is 0.0466 e. The monoisotopic (exact) mass is 190 g/mol. The molecule has 0 aromatic rings. The van der Waals surface area contributed by atoms with Crippen LogP contribution in [-0.2, 0) is 4.74 Å². The van der Waals surface area contributed by atoms with Gasteiger partial charge in [-0.25, -0.2) is 0 Å². The van der Waals surface area contributed by atoms with Gasteiger partial charge in [-0.05, 0) is 23.8 Å². The van der Waals surface area contributed by atoms with Gasteiger partial charge in [-0.2, -0.15) is 0 Å². The highest BCUT2D eigenvalue weighted by Crippen LogP contribution is 1.97. The van der Waals surface area contributed by atoms with Crippen LogP contribution < -0.4 is 0 Å². The molecule has 0 atom stereocenters. The molecule has 0 amide bonds. The van der Waals surface area contributed by atoms with Crippen molar-refractivity contribution in [1.29, 1.82) is 0 Å². The lowest BCUT2D eigenvalue weighted by Gasteiger charge is -2.01. The first-order valence-electron chi connectivity index (χ1n) is 4.99. The summed E-state index contributed by atoms with van der Waals surface area (Å²) in [6, 6.07) is 0. The molecule has 2 heteroatoms. The van der Waals surface area contributed by atoms with Gasteiger partial charge in [0.1, 0.15) is 0 Å². The zero-order valence-electron chi connectivity index (χ0n) is 8.07. The van der Waals surface area contributed by atoms with Crippen LogP contribution in [0.15, 0.2) is 0 Å². The van der Waals surface area contributed by atoms with Gasteiger partial charge in [-0.3, -0.25) is 0 Å². The molecule has 0 saturated carbocycles. The Morgan fingerprint density at radius 3 is 1.50 bits per heavy atom. The highest BCUT2D eigenvalue weighted by molar-refractivity contribution is 5.75. The van der Waals surface area contributed by atoms with Crippen LogP contribution in [0.25, 0.3) is 0 Å². The lowest BCUT2D eigenvalue weighted by molar-refractivity contribution is 0.126. The van der Waals surface area contributed by atoms with E-state index in [0.717, 1.165) is 13.2 Å². The molecule has 0 aromatic heterocycles. The second-order valence-corrected chi connectivity index (χ2v) is 3.03. The maximum Gasteiger partial charge on any atom is 0.0466 e. The largest absolute Gasteiger partial charge is 0.381 e. The topological polar surface area (TPSA) is 9.23 Å². The minimum atomic E-state index is 0. The summed E-state index contributed by atoms with van der Waals surface area (Å²) >= 11 is 0. The van der Waals surface area contributed by atoms with Crippen molar-refractivity contribution in [2.75, 3.05) is 13.2 Å². The Morgan fingerprint density at radius 1 is 0.750 bits per heavy atom. The molecule has 0 heterocycles. The lowest BCUT2D eigenvalue weighted by atomic mass is 10.2. The van der Waals surface area contributed by atoms with Crippen molar-refractivity contribution >= 4 is 11.0 Å². The van der Waals surface area contributed by atoms with Gasteiger partial charge in [-0.15, -0.1) is 0 Å². The molecule has 0 aliphatic rings. The number of hydrogen-bond acceptors (Lipinski definition) is 1. The van der Waals surface area contributed by atoms with Gasteiger partial charge in [0, 0.05) is 13.2 Å². The Morgan fingerprint density at radius 2 is 1.17 bits per heavy atom. The van der Waals surface area contributed by atoms with Crippen molar-refractivity contribution in [3.63, 3.8) is 0 Å². The molecule has 76 valence electrons. The minimum Gasteiger partial charge on any atom is -0.381 e. The summed E-state index contributed by atoms with van der Waals surface area (Å²) in [5.74, 6) is 0. The predicted molar refractivity (Wildman–Crippen MR) is 61.2 cm³/mol. The van der Waals surface area contributed by atoms with Gasteiger partial charge in [0.2, 0.25) is 0 Å². The second kappa shape index (κ2) is 13.7. The maximum atomic E-state index is 5.44. The van der Waals surface area contributed by atoms with E-state index >= 15 is 0 Å². The molecule has 0 radical (unpaired) electrons. The molecule has 12 heavy (non-hydrogen) atoms. The van der Waals surface area contributed by atoms with Crippen LogP contribution in [-0.4, -0.2) is 24.2 Å². The SMILES string of the molecule is CCCCCOCCCCC.[SiH4]. The number of ether oxygens (including phenoxy) is 1. The standard InChI is InChI=1S/C10H22O.H4Si/c1-3-5-7-9-11-10-8-6-4-2;/h3-10H2,1-2H3;1H4. The van der Waals surface area contributed by atoms with Crippen molar-refractivity contribution in [1.82, 2.24) is 0 Å². The van der Waals surface area contributed by atoms with Crippen molar-refractivity contribution < 1.29 is 4.74 Å². The Hall–Kier alpha value is 0.177. The summed E-state index contributed by atoms with van der Waals surface area (Å²) in [5, 5.41) is 0. The third kappa shape index (κ3) is 12.8. The first-order valence-corrected chi connectivity index (χ1v) is 4.99. The van der Waals surface area contributed by atoms with Crippen LogP contribution >= 0.6 is 0 Å². The fourth-order valence-electron chi connectivity index (χ4n) is 1.01. The normalized spacial score (nSPS) is 9.50. The molecule has 0 bridgehead atoms. The molecular weight excluding hydrogens is 164 g/mol. The summed E-state index contributed by atoms with van der Waals surface area (Å²) < 4.78 is 5.44. The van der Waals surface area contributed by atoms with E-state index in [-0.39, 0.29) is 11.0 Å². The van der Waals surface area contributed by atoms with Crippen molar-refractivity contribution in [2.24, 2.45) is 0 Å². The second-order valence-electron chi connectivity index (χ2n) is 3.03. The summed E-state index contributed by atoms with van der Waals surface area (Å²) in [6.07, 6.45) is 7.68. The van der Waals surface area contributed by atoms with Gasteiger partial charge in [0.25, 0.3) is 0 Å². The Balaban J connectivity index is 0. The average molecular weight is 190 g/mol. The Labute approximate surface area is 81.9 Å². The van der Waals surface area contributed by atoms with Crippen molar-refractivity contribution in [3.05, 3.63) is 0 Å². The zero-order chi connectivity index (χ0) is 8.36. The maximum absolute atomic E-state index is 5.44. The van der Waals surface area contributed by atoms with E-state index < -0.39 is 0 Å². The Bertz CT molecular complexity index is 58.9. The fraction of sp³-hybridized carbons (Fsp3) is 1.00. The van der Waals surface area contributed by atoms with Gasteiger partial charge in [0.15, 0.2) is 0 Å². The van der Waals surface area contributed by atoms with Crippen LogP contribution in [0, 0.1) is 0 Å². The molecule has 0 unspecified atom stereocenters. The van der Waals surface area contributed by atoms with Crippen LogP contribution in [0.2, 0.25) is 0 Å². The summed E-state index contributed by atoms with van der Waals surface area (Å²) in [5.41, 5.74) is 0. The van der Waals surface area contributed by atoms with Gasteiger partial charge in [0.05, 0.1) is 0 Å². The third-order valence-corrected chi connectivity index (χ3v) is 1.78. The number of unbranched alkanes of at least 4 members (excludes halogenated alkanes) is 4. The summed E-state index contributed by atoms with van der Waals surface area (Å²) in [4.78, 5) is 0. The van der Waals surface area contributed by atoms with E-state index in [9.17, 15) is 0 Å². The molecule has 1 nitrogen and oxygen atoms in total. The highest BCUT2D eigenvalue weighted by atomic mass is 28.1. The van der Waals surface area contributed by atoms with E-state index in [0.29, 0.717) is 0 Å². The van der Waals surface area contributed by atoms with E-state index in [4.69, 9.17) is 4.74 Å². The first kappa shape index (κ1) is 14.7. The number of rotatable bonds is 8. The highest BCUT2D eigenvalue weighted by Gasteiger charge is 1.88. The molecule has 0 saturated heterocycles. The molecule has 0 N–H and O–H groups in total. The van der Waals surface area contributed by atoms with E-state index in [1.54, 1.807) is 0 Å². The quantitative estimate of drug-likeness (QED) is 0.420. The molecular formula is C10H26OSi. The molecule has 0 fully saturated rings. The number of hydrogen-bond donors (Lipinski definition) is 0. The fourth-order valence-corrected chi connectivity index (χ4v) is 1.01. The molecule has 0 aliphatic carbocycles. The van der Waals surface area contributed by atoms with Crippen LogP contribution in [0.5, 0.6) is 0 Å². The zero-order valence-corrected chi connectivity index (χ0v) is 8.07. The Kier molecular flexibility index (Phi) is 16.8. The summed E-state index contributed by atoms with van der Waals surface area (Å²) in [6.45, 7) is 6.38. The lowest BCUT2D eigenvalue weighted by Crippen LogP contribution is -1.96. The summed E-state index contributed by atoms with van der Waals surface area (Å²) in [7, 11) is 0. The first-order chi connectivity index (χ1) is 5.41. The van der Waals surface area contributed by atoms with Gasteiger partial charge < -0.3 is 4.74 Å². The molecule has 0 aliphatic heterocycles. The average Bonchev–Trinajstić information content (AvgIpc) is 2.03. The minimum absolute atomic E-state index is 0. The molecule has 0 spiro atoms. The van der Waals surface area contributed by atoms with Gasteiger partial charge >= 0.3 is 0 Å². The molecule has 0 aromatic carbocycles. The van der Waals surface area contributed by atoms with Gasteiger partial charge in [-0.1, -0.05) is 39.5 Å². The van der Waals surface area contributed by atoms with E-state index in [1.165, 1.54) is 38.5 Å². The van der Waals surface area contributed by atoms with Crippen molar-refractivity contribution in [2.45, 2.75) is 52.4 Å². The van der Waals surface area contributed by atoms with E-state index in [1.807, 2.05) is 0 Å². The van der Waals surface area contributed by atoms with Crippen LogP contribution in [0.1, 0.15) is 52.4 Å². The third-order valence-electron chi connectivity index (χ3n) is 1.78. The predicted octanol–water partition coefficient (Wildman–Crippen LogP) is 1.93. The van der Waals surface area contributed by atoms with Crippen LogP contribution in [0.3, 0.4) is 0 Å².